The predicted molar refractivity (Wildman–Crippen MR) is 59.3 cm³/mol. The molecule has 1 aromatic carbocycles. The summed E-state index contributed by atoms with van der Waals surface area (Å²) in [5.74, 6) is -0.0591. The molecule has 0 aliphatic rings. The fourth-order valence-electron chi connectivity index (χ4n) is 0.967. The molecule has 1 aromatic rings. The van der Waals surface area contributed by atoms with Gasteiger partial charge in [0.1, 0.15) is 0 Å². The number of nitrogens with one attached hydrogen (secondary N) is 1. The molecular weight excluding hydrogens is 198 g/mol. The van der Waals surface area contributed by atoms with Gasteiger partial charge in [-0.3, -0.25) is 4.79 Å². The van der Waals surface area contributed by atoms with Crippen LogP contribution < -0.4 is 5.32 Å². The lowest BCUT2D eigenvalue weighted by Gasteiger charge is -2.01. The molecule has 0 aromatic heterocycles. The third-order valence-electron chi connectivity index (χ3n) is 1.63. The minimum atomic E-state index is -0.0591. The second-order valence-electron chi connectivity index (χ2n) is 2.91. The zero-order valence-electron chi connectivity index (χ0n) is 7.96. The maximum Gasteiger partial charge on any atom is 0.228 e. The highest BCUT2D eigenvalue weighted by atomic mass is 35.5. The molecule has 0 fully saturated rings. The summed E-state index contributed by atoms with van der Waals surface area (Å²) < 4.78 is 0. The molecule has 0 atom stereocenters. The Morgan fingerprint density at radius 1 is 1.43 bits per heavy atom. The Morgan fingerprint density at radius 2 is 2.07 bits per heavy atom. The topological polar surface area (TPSA) is 29.1 Å². The molecule has 1 N–H and O–H groups in total. The van der Waals surface area contributed by atoms with Crippen LogP contribution in [0.3, 0.4) is 0 Å². The van der Waals surface area contributed by atoms with Crippen LogP contribution in [-0.2, 0) is 4.79 Å². The summed E-state index contributed by atoms with van der Waals surface area (Å²) in [6.45, 7) is 1.75. The Hall–Kier alpha value is -1.28. The van der Waals surface area contributed by atoms with Gasteiger partial charge in [0.15, 0.2) is 0 Å². The van der Waals surface area contributed by atoms with Crippen LogP contribution in [0.2, 0.25) is 0 Å². The third-order valence-corrected chi connectivity index (χ3v) is 1.78. The Labute approximate surface area is 88.6 Å². The van der Waals surface area contributed by atoms with Crippen molar-refractivity contribution in [1.29, 1.82) is 0 Å². The van der Waals surface area contributed by atoms with Gasteiger partial charge in [-0.2, -0.15) is 0 Å². The maximum absolute atomic E-state index is 11.3. The Morgan fingerprint density at radius 3 is 2.64 bits per heavy atom. The van der Waals surface area contributed by atoms with Gasteiger partial charge >= 0.3 is 0 Å². The summed E-state index contributed by atoms with van der Waals surface area (Å²) in [4.78, 5) is 11.3. The van der Waals surface area contributed by atoms with E-state index < -0.39 is 0 Å². The number of allylic oxidation sites excluding steroid dienone is 1. The van der Waals surface area contributed by atoms with Crippen molar-refractivity contribution in [3.8, 4) is 0 Å². The van der Waals surface area contributed by atoms with Crippen molar-refractivity contribution < 1.29 is 4.79 Å². The van der Waals surface area contributed by atoms with Crippen LogP contribution in [0.25, 0.3) is 0 Å². The lowest BCUT2D eigenvalue weighted by molar-refractivity contribution is -0.115. The fourth-order valence-corrected chi connectivity index (χ4v) is 1.04. The molecule has 3 heteroatoms. The zero-order valence-corrected chi connectivity index (χ0v) is 8.71. The average molecular weight is 210 g/mol. The monoisotopic (exact) mass is 209 g/mol. The zero-order chi connectivity index (χ0) is 10.4. The van der Waals surface area contributed by atoms with Gasteiger partial charge in [0.2, 0.25) is 5.91 Å². The highest BCUT2D eigenvalue weighted by Crippen LogP contribution is 2.06. The van der Waals surface area contributed by atoms with Crippen molar-refractivity contribution in [2.24, 2.45) is 0 Å². The first kappa shape index (κ1) is 10.8. The largest absolute Gasteiger partial charge is 0.326 e. The molecular formula is C11H12ClNO. The van der Waals surface area contributed by atoms with Crippen molar-refractivity contribution in [3.05, 3.63) is 41.4 Å². The number of hydrogen-bond acceptors (Lipinski definition) is 1. The van der Waals surface area contributed by atoms with Crippen LogP contribution in [0.1, 0.15) is 13.3 Å². The molecule has 1 rings (SSSR count). The van der Waals surface area contributed by atoms with E-state index in [0.29, 0.717) is 11.5 Å². The molecule has 0 unspecified atom stereocenters. The quantitative estimate of drug-likeness (QED) is 0.814. The molecule has 0 heterocycles. The van der Waals surface area contributed by atoms with Gasteiger partial charge in [-0.1, -0.05) is 35.9 Å². The number of hydrogen-bond donors (Lipinski definition) is 1. The maximum atomic E-state index is 11.3. The summed E-state index contributed by atoms with van der Waals surface area (Å²) in [7, 11) is 0. The Balaban J connectivity index is 2.46. The molecule has 0 radical (unpaired) electrons. The van der Waals surface area contributed by atoms with Gasteiger partial charge < -0.3 is 5.32 Å². The van der Waals surface area contributed by atoms with E-state index in [1.807, 2.05) is 30.3 Å². The van der Waals surface area contributed by atoms with Crippen molar-refractivity contribution in [3.63, 3.8) is 0 Å². The van der Waals surface area contributed by atoms with E-state index in [2.05, 4.69) is 5.32 Å². The fraction of sp³-hybridized carbons (Fsp3) is 0.182. The minimum Gasteiger partial charge on any atom is -0.326 e. The lowest BCUT2D eigenvalue weighted by Crippen LogP contribution is -2.09. The molecule has 0 aliphatic carbocycles. The van der Waals surface area contributed by atoms with Crippen LogP contribution in [0.5, 0.6) is 0 Å². The van der Waals surface area contributed by atoms with Crippen LogP contribution in [0.4, 0.5) is 5.69 Å². The molecule has 0 saturated heterocycles. The molecule has 0 aliphatic heterocycles. The van der Waals surface area contributed by atoms with Gasteiger partial charge in [-0.05, 0) is 19.1 Å². The molecule has 0 spiro atoms. The van der Waals surface area contributed by atoms with Crippen molar-refractivity contribution in [1.82, 2.24) is 0 Å². The highest BCUT2D eigenvalue weighted by molar-refractivity contribution is 6.29. The number of rotatable bonds is 3. The van der Waals surface area contributed by atoms with E-state index in [1.54, 1.807) is 13.0 Å². The summed E-state index contributed by atoms with van der Waals surface area (Å²) in [6.07, 6.45) is 1.99. The number of carbonyl (C=O) groups excluding carboxylic acids is 1. The highest BCUT2D eigenvalue weighted by Gasteiger charge is 1.98. The first-order valence-corrected chi connectivity index (χ1v) is 4.73. The van der Waals surface area contributed by atoms with Gasteiger partial charge in [0.25, 0.3) is 0 Å². The number of anilines is 1. The SMILES string of the molecule is C/C(Cl)=C/CC(=O)Nc1ccccc1. The van der Waals surface area contributed by atoms with Gasteiger partial charge in [0, 0.05) is 17.1 Å². The summed E-state index contributed by atoms with van der Waals surface area (Å²) >= 11 is 5.61. The van der Waals surface area contributed by atoms with Crippen molar-refractivity contribution in [2.45, 2.75) is 13.3 Å². The minimum absolute atomic E-state index is 0.0591. The Kier molecular flexibility index (Phi) is 4.20. The van der Waals surface area contributed by atoms with E-state index in [4.69, 9.17) is 11.6 Å². The van der Waals surface area contributed by atoms with Gasteiger partial charge in [-0.25, -0.2) is 0 Å². The van der Waals surface area contributed by atoms with Crippen LogP contribution in [0.15, 0.2) is 41.4 Å². The van der Waals surface area contributed by atoms with Gasteiger partial charge in [-0.15, -0.1) is 0 Å². The second kappa shape index (κ2) is 5.45. The van der Waals surface area contributed by atoms with Crippen LogP contribution >= 0.6 is 11.6 Å². The van der Waals surface area contributed by atoms with E-state index in [1.165, 1.54) is 0 Å². The van der Waals surface area contributed by atoms with E-state index in [9.17, 15) is 4.79 Å². The third kappa shape index (κ3) is 4.10. The predicted octanol–water partition coefficient (Wildman–Crippen LogP) is 3.16. The number of halogens is 1. The number of carbonyl (C=O) groups is 1. The first-order valence-electron chi connectivity index (χ1n) is 4.35. The van der Waals surface area contributed by atoms with E-state index >= 15 is 0 Å². The molecule has 0 saturated carbocycles. The smallest absolute Gasteiger partial charge is 0.228 e. The molecule has 74 valence electrons. The summed E-state index contributed by atoms with van der Waals surface area (Å²) in [5, 5.41) is 3.39. The van der Waals surface area contributed by atoms with Crippen molar-refractivity contribution >= 4 is 23.2 Å². The standard InChI is InChI=1S/C11H12ClNO/c1-9(12)7-8-11(14)13-10-5-3-2-4-6-10/h2-7H,8H2,1H3,(H,13,14)/b9-7-. The first-order chi connectivity index (χ1) is 6.68. The number of para-hydroxylation sites is 1. The van der Waals surface area contributed by atoms with E-state index in [0.717, 1.165) is 5.69 Å². The second-order valence-corrected chi connectivity index (χ2v) is 3.51. The summed E-state index contributed by atoms with van der Waals surface area (Å²) in [5.41, 5.74) is 0.804. The van der Waals surface area contributed by atoms with Gasteiger partial charge in [0.05, 0.1) is 0 Å². The summed E-state index contributed by atoms with van der Waals surface area (Å²) in [6, 6.07) is 9.33. The number of amides is 1. The van der Waals surface area contributed by atoms with E-state index in [-0.39, 0.29) is 5.91 Å². The lowest BCUT2D eigenvalue weighted by atomic mass is 10.3. The van der Waals surface area contributed by atoms with Crippen LogP contribution in [0, 0.1) is 0 Å². The Bertz CT molecular complexity index is 328. The van der Waals surface area contributed by atoms with Crippen LogP contribution in [-0.4, -0.2) is 5.91 Å². The molecule has 14 heavy (non-hydrogen) atoms. The van der Waals surface area contributed by atoms with Crippen molar-refractivity contribution in [2.75, 3.05) is 5.32 Å². The average Bonchev–Trinajstić information content (AvgIpc) is 2.16. The molecule has 2 nitrogen and oxygen atoms in total. The molecule has 0 bridgehead atoms. The number of benzene rings is 1. The normalized spacial score (nSPS) is 11.1. The molecule has 1 amide bonds.